The standard InChI is InChI=1S/C19H18ClN3O2/c20-14-8-6-13(7-9-14)18-17(22-16-5-1-2-10-23(16)18)19(24)21-12-15-4-3-11-25-15/h1-2,5-10,15H,3-4,11-12H2,(H,21,24)/t15-/m0/s1. The fourth-order valence-corrected chi connectivity index (χ4v) is 3.26. The van der Waals surface area contributed by atoms with Gasteiger partial charge in [-0.1, -0.05) is 29.8 Å². The van der Waals surface area contributed by atoms with Crippen LogP contribution in [0, 0.1) is 0 Å². The van der Waals surface area contributed by atoms with E-state index in [4.69, 9.17) is 16.3 Å². The van der Waals surface area contributed by atoms with Gasteiger partial charge in [-0.05, 0) is 37.1 Å². The highest BCUT2D eigenvalue weighted by atomic mass is 35.5. The van der Waals surface area contributed by atoms with Gasteiger partial charge in [0.25, 0.3) is 5.91 Å². The molecule has 3 heterocycles. The summed E-state index contributed by atoms with van der Waals surface area (Å²) in [6.45, 7) is 1.28. The Morgan fingerprint density at radius 3 is 2.88 bits per heavy atom. The Morgan fingerprint density at radius 2 is 2.12 bits per heavy atom. The van der Waals surface area contributed by atoms with Crippen molar-refractivity contribution < 1.29 is 9.53 Å². The number of fused-ring (bicyclic) bond motifs is 1. The molecule has 0 spiro atoms. The normalized spacial score (nSPS) is 17.1. The first kappa shape index (κ1) is 16.1. The van der Waals surface area contributed by atoms with Crippen molar-refractivity contribution in [1.29, 1.82) is 0 Å². The van der Waals surface area contributed by atoms with E-state index in [1.807, 2.05) is 53.1 Å². The maximum Gasteiger partial charge on any atom is 0.272 e. The highest BCUT2D eigenvalue weighted by Crippen LogP contribution is 2.26. The molecular weight excluding hydrogens is 338 g/mol. The third-order valence-corrected chi connectivity index (χ3v) is 4.63. The molecule has 5 nitrogen and oxygen atoms in total. The van der Waals surface area contributed by atoms with E-state index >= 15 is 0 Å². The SMILES string of the molecule is O=C(NC[C@@H]1CCCO1)c1nc2ccccn2c1-c1ccc(Cl)cc1. The number of carbonyl (C=O) groups excluding carboxylic acids is 1. The number of pyridine rings is 1. The molecule has 1 N–H and O–H groups in total. The first-order valence-electron chi connectivity index (χ1n) is 8.35. The van der Waals surface area contributed by atoms with E-state index in [0.717, 1.165) is 36.4 Å². The van der Waals surface area contributed by atoms with Crippen molar-refractivity contribution in [3.05, 3.63) is 59.4 Å². The molecule has 1 aliphatic rings. The van der Waals surface area contributed by atoms with E-state index in [1.165, 1.54) is 0 Å². The van der Waals surface area contributed by atoms with Gasteiger partial charge in [-0.25, -0.2) is 4.98 Å². The van der Waals surface area contributed by atoms with Gasteiger partial charge in [-0.3, -0.25) is 9.20 Å². The number of nitrogens with one attached hydrogen (secondary N) is 1. The lowest BCUT2D eigenvalue weighted by Crippen LogP contribution is -2.32. The quantitative estimate of drug-likeness (QED) is 0.778. The molecule has 3 aromatic rings. The second kappa shape index (κ2) is 6.86. The largest absolute Gasteiger partial charge is 0.376 e. The molecular formula is C19H18ClN3O2. The average Bonchev–Trinajstić information content (AvgIpc) is 3.28. The number of imidazole rings is 1. The van der Waals surface area contributed by atoms with Gasteiger partial charge >= 0.3 is 0 Å². The van der Waals surface area contributed by atoms with Crippen LogP contribution in [0.1, 0.15) is 23.3 Å². The van der Waals surface area contributed by atoms with Crippen LogP contribution in [0.4, 0.5) is 0 Å². The van der Waals surface area contributed by atoms with Crippen molar-refractivity contribution in [2.75, 3.05) is 13.2 Å². The predicted octanol–water partition coefficient (Wildman–Crippen LogP) is 3.56. The number of hydrogen-bond acceptors (Lipinski definition) is 3. The molecule has 4 rings (SSSR count). The first-order valence-corrected chi connectivity index (χ1v) is 8.73. The van der Waals surface area contributed by atoms with Crippen molar-refractivity contribution in [1.82, 2.24) is 14.7 Å². The molecule has 0 saturated carbocycles. The maximum absolute atomic E-state index is 12.8. The molecule has 25 heavy (non-hydrogen) atoms. The molecule has 0 radical (unpaired) electrons. The Kier molecular flexibility index (Phi) is 4.42. The Morgan fingerprint density at radius 1 is 1.28 bits per heavy atom. The molecule has 128 valence electrons. The van der Waals surface area contributed by atoms with Crippen LogP contribution in [-0.4, -0.2) is 34.5 Å². The summed E-state index contributed by atoms with van der Waals surface area (Å²) in [7, 11) is 0. The Labute approximate surface area is 150 Å². The molecule has 1 atom stereocenters. The molecule has 0 aliphatic carbocycles. The summed E-state index contributed by atoms with van der Waals surface area (Å²) in [5, 5.41) is 3.61. The molecule has 2 aromatic heterocycles. The Balaban J connectivity index is 1.70. The summed E-state index contributed by atoms with van der Waals surface area (Å²) >= 11 is 6.00. The van der Waals surface area contributed by atoms with Crippen LogP contribution in [0.5, 0.6) is 0 Å². The summed E-state index contributed by atoms with van der Waals surface area (Å²) in [4.78, 5) is 17.3. The van der Waals surface area contributed by atoms with Crippen LogP contribution >= 0.6 is 11.6 Å². The van der Waals surface area contributed by atoms with E-state index in [0.29, 0.717) is 17.3 Å². The Bertz CT molecular complexity index is 899. The number of nitrogens with zero attached hydrogens (tertiary/aromatic N) is 2. The van der Waals surface area contributed by atoms with Crippen LogP contribution in [0.25, 0.3) is 16.9 Å². The minimum Gasteiger partial charge on any atom is -0.376 e. The molecule has 1 aromatic carbocycles. The summed E-state index contributed by atoms with van der Waals surface area (Å²) in [5.41, 5.74) is 2.80. The van der Waals surface area contributed by atoms with E-state index in [-0.39, 0.29) is 12.0 Å². The summed E-state index contributed by atoms with van der Waals surface area (Å²) < 4.78 is 7.49. The molecule has 0 unspecified atom stereocenters. The number of ether oxygens (including phenoxy) is 1. The number of hydrogen-bond donors (Lipinski definition) is 1. The number of carbonyl (C=O) groups is 1. The zero-order valence-electron chi connectivity index (χ0n) is 13.6. The number of halogens is 1. The van der Waals surface area contributed by atoms with Crippen molar-refractivity contribution in [3.8, 4) is 11.3 Å². The maximum atomic E-state index is 12.8. The third kappa shape index (κ3) is 3.25. The van der Waals surface area contributed by atoms with Gasteiger partial charge in [0.15, 0.2) is 5.69 Å². The highest BCUT2D eigenvalue weighted by molar-refractivity contribution is 6.30. The van der Waals surface area contributed by atoms with Crippen molar-refractivity contribution >= 4 is 23.2 Å². The minimum atomic E-state index is -0.191. The molecule has 1 saturated heterocycles. The Hall–Kier alpha value is -2.37. The van der Waals surface area contributed by atoms with Gasteiger partial charge in [0.05, 0.1) is 11.8 Å². The van der Waals surface area contributed by atoms with Crippen molar-refractivity contribution in [2.24, 2.45) is 0 Å². The van der Waals surface area contributed by atoms with Crippen LogP contribution in [0.2, 0.25) is 5.02 Å². The van der Waals surface area contributed by atoms with Gasteiger partial charge in [0.2, 0.25) is 0 Å². The number of rotatable bonds is 4. The van der Waals surface area contributed by atoms with E-state index in [9.17, 15) is 4.79 Å². The lowest BCUT2D eigenvalue weighted by atomic mass is 10.1. The molecule has 0 bridgehead atoms. The second-order valence-corrected chi connectivity index (χ2v) is 6.53. The van der Waals surface area contributed by atoms with Gasteiger partial charge in [0, 0.05) is 29.9 Å². The zero-order chi connectivity index (χ0) is 17.2. The van der Waals surface area contributed by atoms with Crippen molar-refractivity contribution in [2.45, 2.75) is 18.9 Å². The van der Waals surface area contributed by atoms with E-state index in [2.05, 4.69) is 10.3 Å². The highest BCUT2D eigenvalue weighted by Gasteiger charge is 2.22. The van der Waals surface area contributed by atoms with E-state index in [1.54, 1.807) is 0 Å². The number of amides is 1. The fraction of sp³-hybridized carbons (Fsp3) is 0.263. The number of aromatic nitrogens is 2. The fourth-order valence-electron chi connectivity index (χ4n) is 3.13. The molecule has 1 amide bonds. The monoisotopic (exact) mass is 355 g/mol. The van der Waals surface area contributed by atoms with Crippen molar-refractivity contribution in [3.63, 3.8) is 0 Å². The van der Waals surface area contributed by atoms with Crippen LogP contribution in [-0.2, 0) is 4.74 Å². The van der Waals surface area contributed by atoms with Crippen LogP contribution < -0.4 is 5.32 Å². The first-order chi connectivity index (χ1) is 12.2. The van der Waals surface area contributed by atoms with Gasteiger partial charge in [0.1, 0.15) is 5.65 Å². The minimum absolute atomic E-state index is 0.0972. The second-order valence-electron chi connectivity index (χ2n) is 6.09. The number of benzene rings is 1. The van der Waals surface area contributed by atoms with Gasteiger partial charge in [-0.2, -0.15) is 0 Å². The topological polar surface area (TPSA) is 55.6 Å². The summed E-state index contributed by atoms with van der Waals surface area (Å²) in [5.74, 6) is -0.191. The molecule has 1 aliphatic heterocycles. The van der Waals surface area contributed by atoms with E-state index < -0.39 is 0 Å². The lowest BCUT2D eigenvalue weighted by molar-refractivity contribution is 0.0855. The van der Waals surface area contributed by atoms with Crippen LogP contribution in [0.15, 0.2) is 48.7 Å². The van der Waals surface area contributed by atoms with Crippen LogP contribution in [0.3, 0.4) is 0 Å². The lowest BCUT2D eigenvalue weighted by Gasteiger charge is -2.11. The zero-order valence-corrected chi connectivity index (χ0v) is 14.4. The molecule has 6 heteroatoms. The predicted molar refractivity (Wildman–Crippen MR) is 96.9 cm³/mol. The molecule has 1 fully saturated rings. The van der Waals surface area contributed by atoms with Gasteiger partial charge in [-0.15, -0.1) is 0 Å². The summed E-state index contributed by atoms with van der Waals surface area (Å²) in [6.07, 6.45) is 4.03. The average molecular weight is 356 g/mol. The smallest absolute Gasteiger partial charge is 0.272 e. The summed E-state index contributed by atoms with van der Waals surface area (Å²) in [6, 6.07) is 13.1. The van der Waals surface area contributed by atoms with Gasteiger partial charge < -0.3 is 10.1 Å². The third-order valence-electron chi connectivity index (χ3n) is 4.38.